The van der Waals surface area contributed by atoms with Crippen LogP contribution in [0.2, 0.25) is 0 Å². The molecule has 0 spiro atoms. The third-order valence-corrected chi connectivity index (χ3v) is 4.63. The second-order valence-corrected chi connectivity index (χ2v) is 6.94. The van der Waals surface area contributed by atoms with Crippen LogP contribution >= 0.6 is 0 Å². The van der Waals surface area contributed by atoms with Gasteiger partial charge in [-0.3, -0.25) is 9.59 Å². The second-order valence-electron chi connectivity index (χ2n) is 6.94. The van der Waals surface area contributed by atoms with Crippen LogP contribution in [0.25, 0.3) is 0 Å². The first-order chi connectivity index (χ1) is 14.0. The number of hydrogen-bond acceptors (Lipinski definition) is 5. The number of aromatic hydroxyl groups is 1. The van der Waals surface area contributed by atoms with E-state index in [1.165, 1.54) is 0 Å². The van der Waals surface area contributed by atoms with Crippen LogP contribution in [0.15, 0.2) is 48.5 Å². The number of benzene rings is 2. The Morgan fingerprint density at radius 3 is 2.34 bits per heavy atom. The lowest BCUT2D eigenvalue weighted by Crippen LogP contribution is -2.42. The van der Waals surface area contributed by atoms with Crippen molar-refractivity contribution in [3.05, 3.63) is 59.7 Å². The Hall–Kier alpha value is -2.86. The van der Waals surface area contributed by atoms with Gasteiger partial charge in [0.2, 0.25) is 0 Å². The van der Waals surface area contributed by atoms with Crippen LogP contribution in [-0.4, -0.2) is 43.0 Å². The van der Waals surface area contributed by atoms with E-state index in [-0.39, 0.29) is 17.4 Å². The number of Topliss-reactive ketones (excluding diaryl/α,β-unsaturated/α-hetero) is 1. The molecule has 6 nitrogen and oxygen atoms in total. The lowest BCUT2D eigenvalue weighted by Gasteiger charge is -2.18. The fourth-order valence-corrected chi connectivity index (χ4v) is 2.96. The molecule has 0 saturated heterocycles. The molecule has 2 aromatic carbocycles. The lowest BCUT2D eigenvalue weighted by molar-refractivity contribution is -0.121. The van der Waals surface area contributed by atoms with E-state index in [1.807, 2.05) is 0 Å². The van der Waals surface area contributed by atoms with E-state index in [0.717, 1.165) is 31.5 Å². The van der Waals surface area contributed by atoms with E-state index in [2.05, 4.69) is 17.6 Å². The predicted octanol–water partition coefficient (Wildman–Crippen LogP) is 3.09. The summed E-state index contributed by atoms with van der Waals surface area (Å²) in [6, 6.07) is 12.8. The Balaban J connectivity index is 2.04. The van der Waals surface area contributed by atoms with E-state index in [9.17, 15) is 14.7 Å². The summed E-state index contributed by atoms with van der Waals surface area (Å²) in [6.07, 6.45) is 2.55. The van der Waals surface area contributed by atoms with Gasteiger partial charge >= 0.3 is 0 Å². The highest BCUT2D eigenvalue weighted by atomic mass is 16.5. The van der Waals surface area contributed by atoms with Gasteiger partial charge in [0.15, 0.2) is 5.78 Å². The number of phenols is 1. The molecule has 1 unspecified atom stereocenters. The molecule has 1 amide bonds. The monoisotopic (exact) mass is 398 g/mol. The molecule has 3 N–H and O–H groups in total. The fourth-order valence-electron chi connectivity index (χ4n) is 2.96. The number of rotatable bonds is 12. The number of ether oxygens (including phenoxy) is 1. The smallest absolute Gasteiger partial charge is 0.251 e. The fraction of sp³-hybridized carbons (Fsp3) is 0.391. The van der Waals surface area contributed by atoms with Gasteiger partial charge in [-0.05, 0) is 74.3 Å². The summed E-state index contributed by atoms with van der Waals surface area (Å²) in [6.45, 7) is 3.80. The Morgan fingerprint density at radius 1 is 1.03 bits per heavy atom. The number of hydrogen-bond donors (Lipinski definition) is 3. The van der Waals surface area contributed by atoms with Crippen molar-refractivity contribution in [2.45, 2.75) is 38.6 Å². The average Bonchev–Trinajstić information content (AvgIpc) is 2.74. The van der Waals surface area contributed by atoms with Crippen molar-refractivity contribution in [2.75, 3.05) is 20.2 Å². The van der Waals surface area contributed by atoms with Crippen LogP contribution in [0.4, 0.5) is 0 Å². The molecule has 0 saturated carbocycles. The SMILES string of the molecule is CCCNCCCC(=O)C(Cc1ccc(O)cc1)NC(=O)c1ccc(OC)cc1. The maximum Gasteiger partial charge on any atom is 0.251 e. The first-order valence-electron chi connectivity index (χ1n) is 9.99. The van der Waals surface area contributed by atoms with Gasteiger partial charge < -0.3 is 20.5 Å². The van der Waals surface area contributed by atoms with E-state index in [1.54, 1.807) is 55.6 Å². The maximum atomic E-state index is 12.8. The molecule has 2 rings (SSSR count). The van der Waals surface area contributed by atoms with Gasteiger partial charge in [-0.2, -0.15) is 0 Å². The standard InChI is InChI=1S/C23H30N2O4/c1-3-14-24-15-4-5-22(27)21(16-17-6-10-19(26)11-7-17)25-23(28)18-8-12-20(29-2)13-9-18/h6-13,21,24,26H,3-5,14-16H2,1-2H3,(H,25,28). The number of carbonyl (C=O) groups is 2. The zero-order valence-corrected chi connectivity index (χ0v) is 17.1. The Morgan fingerprint density at radius 2 is 1.72 bits per heavy atom. The zero-order valence-electron chi connectivity index (χ0n) is 17.1. The highest BCUT2D eigenvalue weighted by molar-refractivity contribution is 5.98. The molecule has 156 valence electrons. The molecule has 0 aromatic heterocycles. The number of amides is 1. The van der Waals surface area contributed by atoms with Gasteiger partial charge in [0, 0.05) is 12.0 Å². The first kappa shape index (κ1) is 22.4. The maximum absolute atomic E-state index is 12.8. The van der Waals surface area contributed by atoms with Crippen molar-refractivity contribution in [1.29, 1.82) is 0 Å². The topological polar surface area (TPSA) is 87.7 Å². The molecule has 0 heterocycles. The van der Waals surface area contributed by atoms with Crippen molar-refractivity contribution in [1.82, 2.24) is 10.6 Å². The van der Waals surface area contributed by atoms with Crippen molar-refractivity contribution >= 4 is 11.7 Å². The minimum atomic E-state index is -0.625. The second kappa shape index (κ2) is 11.9. The Labute approximate surface area is 172 Å². The number of nitrogens with one attached hydrogen (secondary N) is 2. The first-order valence-corrected chi connectivity index (χ1v) is 9.99. The molecule has 1 atom stereocenters. The van der Waals surface area contributed by atoms with E-state index >= 15 is 0 Å². The third-order valence-electron chi connectivity index (χ3n) is 4.63. The normalized spacial score (nSPS) is 11.7. The quantitative estimate of drug-likeness (QED) is 0.478. The summed E-state index contributed by atoms with van der Waals surface area (Å²) in [5.74, 6) is 0.533. The molecule has 0 bridgehead atoms. The van der Waals surface area contributed by atoms with E-state index in [4.69, 9.17) is 4.74 Å². The van der Waals surface area contributed by atoms with Crippen molar-refractivity contribution < 1.29 is 19.4 Å². The minimum Gasteiger partial charge on any atom is -0.508 e. The van der Waals surface area contributed by atoms with Gasteiger partial charge in [-0.15, -0.1) is 0 Å². The largest absolute Gasteiger partial charge is 0.508 e. The molecule has 2 aromatic rings. The highest BCUT2D eigenvalue weighted by Crippen LogP contribution is 2.14. The number of carbonyl (C=O) groups excluding carboxylic acids is 2. The molecule has 0 aliphatic rings. The summed E-state index contributed by atoms with van der Waals surface area (Å²) in [4.78, 5) is 25.5. The van der Waals surface area contributed by atoms with Gasteiger partial charge in [0.25, 0.3) is 5.91 Å². The van der Waals surface area contributed by atoms with Gasteiger partial charge in [-0.1, -0.05) is 19.1 Å². The van der Waals surface area contributed by atoms with Gasteiger partial charge in [0.05, 0.1) is 13.2 Å². The van der Waals surface area contributed by atoms with Crippen LogP contribution in [0, 0.1) is 0 Å². The van der Waals surface area contributed by atoms with Crippen molar-refractivity contribution in [3.63, 3.8) is 0 Å². The summed E-state index contributed by atoms with van der Waals surface area (Å²) >= 11 is 0. The van der Waals surface area contributed by atoms with E-state index < -0.39 is 6.04 Å². The lowest BCUT2D eigenvalue weighted by atomic mass is 9.99. The van der Waals surface area contributed by atoms with Crippen LogP contribution in [0.3, 0.4) is 0 Å². The summed E-state index contributed by atoms with van der Waals surface area (Å²) in [5.41, 5.74) is 1.35. The molecular weight excluding hydrogens is 368 g/mol. The van der Waals surface area contributed by atoms with Gasteiger partial charge in [-0.25, -0.2) is 0 Å². The Bertz CT molecular complexity index is 772. The Kier molecular flexibility index (Phi) is 9.18. The van der Waals surface area contributed by atoms with E-state index in [0.29, 0.717) is 24.2 Å². The van der Waals surface area contributed by atoms with Crippen molar-refractivity contribution in [2.24, 2.45) is 0 Å². The molecule has 0 aliphatic carbocycles. The molecular formula is C23H30N2O4. The molecule has 0 fully saturated rings. The predicted molar refractivity (Wildman–Crippen MR) is 113 cm³/mol. The zero-order chi connectivity index (χ0) is 21.1. The van der Waals surface area contributed by atoms with Crippen LogP contribution in [0.5, 0.6) is 11.5 Å². The summed E-state index contributed by atoms with van der Waals surface area (Å²) in [5, 5.41) is 15.6. The highest BCUT2D eigenvalue weighted by Gasteiger charge is 2.21. The number of methoxy groups -OCH3 is 1. The summed E-state index contributed by atoms with van der Waals surface area (Å²) < 4.78 is 5.12. The number of ketones is 1. The molecule has 29 heavy (non-hydrogen) atoms. The minimum absolute atomic E-state index is 0.00163. The summed E-state index contributed by atoms with van der Waals surface area (Å²) in [7, 11) is 1.57. The van der Waals surface area contributed by atoms with Crippen molar-refractivity contribution in [3.8, 4) is 11.5 Å². The molecule has 0 aliphatic heterocycles. The molecule has 0 radical (unpaired) electrons. The number of phenolic OH excluding ortho intramolecular Hbond substituents is 1. The van der Waals surface area contributed by atoms with Gasteiger partial charge in [0.1, 0.15) is 11.5 Å². The molecule has 6 heteroatoms. The van der Waals surface area contributed by atoms with Crippen LogP contribution in [0.1, 0.15) is 42.1 Å². The van der Waals surface area contributed by atoms with Crippen LogP contribution in [-0.2, 0) is 11.2 Å². The van der Waals surface area contributed by atoms with Crippen LogP contribution < -0.4 is 15.4 Å². The average molecular weight is 399 g/mol. The third kappa shape index (κ3) is 7.58.